The Balaban J connectivity index is 1.33. The minimum atomic E-state index is -0.168. The number of fused-ring (bicyclic) bond motifs is 1. The predicted molar refractivity (Wildman–Crippen MR) is 123 cm³/mol. The van der Waals surface area contributed by atoms with E-state index in [1.165, 1.54) is 11.3 Å². The van der Waals surface area contributed by atoms with E-state index >= 15 is 0 Å². The van der Waals surface area contributed by atoms with Crippen molar-refractivity contribution < 1.29 is 9.53 Å². The van der Waals surface area contributed by atoms with Gasteiger partial charge in [0.05, 0.1) is 28.7 Å². The summed E-state index contributed by atoms with van der Waals surface area (Å²) in [4.78, 5) is 36.1. The second kappa shape index (κ2) is 9.28. The van der Waals surface area contributed by atoms with Crippen LogP contribution in [0.15, 0.2) is 52.6 Å². The second-order valence-corrected chi connectivity index (χ2v) is 8.08. The molecule has 9 heteroatoms. The maximum Gasteiger partial charge on any atom is 0.258 e. The molecular weight excluding hydrogens is 436 g/mol. The molecule has 2 heterocycles. The number of carbonyl (C=O) groups is 1. The third-order valence-electron chi connectivity index (χ3n) is 4.68. The number of aromatic nitrogens is 3. The van der Waals surface area contributed by atoms with Crippen molar-refractivity contribution in [1.82, 2.24) is 15.0 Å². The Morgan fingerprint density at radius 3 is 2.87 bits per heavy atom. The number of aryl methyl sites for hydroxylation is 1. The zero-order valence-corrected chi connectivity index (χ0v) is 18.2. The molecule has 7 nitrogen and oxygen atoms in total. The molecule has 2 aromatic heterocycles. The predicted octanol–water partition coefficient (Wildman–Crippen LogP) is 4.67. The number of ether oxygens (including phenoxy) is 1. The molecule has 0 atom stereocenters. The lowest BCUT2D eigenvalue weighted by Gasteiger charge is -2.04. The number of hydrogen-bond donors (Lipinski definition) is 2. The van der Waals surface area contributed by atoms with Gasteiger partial charge in [0.15, 0.2) is 5.13 Å². The topological polar surface area (TPSA) is 97.0 Å². The van der Waals surface area contributed by atoms with Crippen molar-refractivity contribution in [3.05, 3.63) is 69.0 Å². The number of anilines is 1. The number of amides is 1. The fourth-order valence-corrected chi connectivity index (χ4v) is 4.13. The smallest absolute Gasteiger partial charge is 0.258 e. The highest BCUT2D eigenvalue weighted by Crippen LogP contribution is 2.31. The maximum atomic E-state index is 12.3. The van der Waals surface area contributed by atoms with Gasteiger partial charge in [0.1, 0.15) is 11.6 Å². The Labute approximate surface area is 187 Å². The van der Waals surface area contributed by atoms with Gasteiger partial charge in [-0.3, -0.25) is 9.59 Å². The number of rotatable bonds is 7. The molecule has 0 spiro atoms. The van der Waals surface area contributed by atoms with Gasteiger partial charge in [-0.15, -0.1) is 11.3 Å². The fraction of sp³-hybridized carbons (Fsp3) is 0.182. The summed E-state index contributed by atoms with van der Waals surface area (Å²) in [5.74, 6) is 1.03. The molecule has 2 aromatic carbocycles. The molecule has 4 aromatic rings. The van der Waals surface area contributed by atoms with Crippen LogP contribution in [0, 0.1) is 0 Å². The minimum Gasteiger partial charge on any atom is -0.495 e. The van der Waals surface area contributed by atoms with Gasteiger partial charge in [-0.05, 0) is 36.8 Å². The number of methoxy groups -OCH3 is 1. The summed E-state index contributed by atoms with van der Waals surface area (Å²) in [6.45, 7) is 0. The van der Waals surface area contributed by atoms with E-state index in [2.05, 4.69) is 20.3 Å². The number of nitrogens with one attached hydrogen (secondary N) is 2. The van der Waals surface area contributed by atoms with Crippen molar-refractivity contribution in [2.24, 2.45) is 0 Å². The molecule has 31 heavy (non-hydrogen) atoms. The summed E-state index contributed by atoms with van der Waals surface area (Å²) in [6, 6.07) is 12.6. The Hall–Kier alpha value is -3.23. The highest BCUT2D eigenvalue weighted by molar-refractivity contribution is 7.14. The first-order valence-corrected chi connectivity index (χ1v) is 10.9. The van der Waals surface area contributed by atoms with Gasteiger partial charge in [0.2, 0.25) is 5.91 Å². The number of nitrogens with zero attached hydrogens (tertiary/aromatic N) is 2. The zero-order chi connectivity index (χ0) is 21.8. The van der Waals surface area contributed by atoms with E-state index in [1.54, 1.807) is 37.4 Å². The van der Waals surface area contributed by atoms with Crippen molar-refractivity contribution in [3.63, 3.8) is 0 Å². The van der Waals surface area contributed by atoms with E-state index in [0.29, 0.717) is 51.9 Å². The molecule has 0 bridgehead atoms. The van der Waals surface area contributed by atoms with Crippen molar-refractivity contribution in [1.29, 1.82) is 0 Å². The van der Waals surface area contributed by atoms with E-state index in [-0.39, 0.29) is 11.5 Å². The molecule has 0 aliphatic heterocycles. The van der Waals surface area contributed by atoms with Crippen LogP contribution in [0.3, 0.4) is 0 Å². The molecule has 0 saturated heterocycles. The van der Waals surface area contributed by atoms with Crippen LogP contribution >= 0.6 is 22.9 Å². The number of H-pyrrole nitrogens is 1. The van der Waals surface area contributed by atoms with Crippen molar-refractivity contribution in [2.45, 2.75) is 19.3 Å². The van der Waals surface area contributed by atoms with E-state index < -0.39 is 0 Å². The van der Waals surface area contributed by atoms with Gasteiger partial charge in [-0.25, -0.2) is 9.97 Å². The highest BCUT2D eigenvalue weighted by Gasteiger charge is 2.11. The number of para-hydroxylation sites is 1. The summed E-state index contributed by atoms with van der Waals surface area (Å²) in [5, 5.41) is 6.25. The first-order valence-electron chi connectivity index (χ1n) is 9.61. The Morgan fingerprint density at radius 1 is 1.23 bits per heavy atom. The monoisotopic (exact) mass is 454 g/mol. The normalized spacial score (nSPS) is 10.9. The van der Waals surface area contributed by atoms with Crippen molar-refractivity contribution in [2.75, 3.05) is 12.4 Å². The highest BCUT2D eigenvalue weighted by atomic mass is 35.5. The number of carbonyl (C=O) groups excluding carboxylic acids is 1. The van der Waals surface area contributed by atoms with Crippen LogP contribution < -0.4 is 15.6 Å². The summed E-state index contributed by atoms with van der Waals surface area (Å²) in [5.41, 5.74) is 2.05. The molecule has 0 aliphatic carbocycles. The first-order chi connectivity index (χ1) is 15.0. The molecule has 4 rings (SSSR count). The lowest BCUT2D eigenvalue weighted by atomic mass is 10.2. The molecule has 1 amide bonds. The zero-order valence-electron chi connectivity index (χ0n) is 16.6. The van der Waals surface area contributed by atoms with Crippen LogP contribution in [0.1, 0.15) is 18.7 Å². The van der Waals surface area contributed by atoms with Crippen LogP contribution in [0.5, 0.6) is 5.75 Å². The average molecular weight is 455 g/mol. The lowest BCUT2D eigenvalue weighted by molar-refractivity contribution is -0.116. The molecule has 0 radical (unpaired) electrons. The quantitative estimate of drug-likeness (QED) is 0.423. The third-order valence-corrected chi connectivity index (χ3v) is 5.73. The van der Waals surface area contributed by atoms with E-state index in [0.717, 1.165) is 11.3 Å². The largest absolute Gasteiger partial charge is 0.495 e. The van der Waals surface area contributed by atoms with Gasteiger partial charge in [-0.2, -0.15) is 0 Å². The molecule has 158 valence electrons. The van der Waals surface area contributed by atoms with Gasteiger partial charge in [0, 0.05) is 23.8 Å². The summed E-state index contributed by atoms with van der Waals surface area (Å²) < 4.78 is 5.16. The maximum absolute atomic E-state index is 12.3. The molecule has 0 fully saturated rings. The minimum absolute atomic E-state index is 0.142. The van der Waals surface area contributed by atoms with Crippen LogP contribution in [0.2, 0.25) is 5.02 Å². The summed E-state index contributed by atoms with van der Waals surface area (Å²) >= 11 is 7.52. The molecule has 2 N–H and O–H groups in total. The number of benzene rings is 2. The van der Waals surface area contributed by atoms with E-state index in [4.69, 9.17) is 16.3 Å². The number of thiazole rings is 1. The molecule has 0 aliphatic rings. The van der Waals surface area contributed by atoms with Crippen LogP contribution in [-0.2, 0) is 11.2 Å². The van der Waals surface area contributed by atoms with Gasteiger partial charge in [0.25, 0.3) is 5.56 Å². The number of hydrogen-bond acceptors (Lipinski definition) is 6. The van der Waals surface area contributed by atoms with Crippen LogP contribution in [0.25, 0.3) is 22.2 Å². The summed E-state index contributed by atoms with van der Waals surface area (Å²) in [7, 11) is 1.56. The molecule has 0 saturated carbocycles. The fourth-order valence-electron chi connectivity index (χ4n) is 3.14. The standard InChI is InChI=1S/C22H19ClN4O3S/c1-30-18-10-9-13(11-15(18)23)17-12-31-22(25-17)27-20(28)8-4-7-19-24-16-6-3-2-5-14(16)21(29)26-19/h2-3,5-6,9-12H,4,7-8H2,1H3,(H,24,26,29)(H,25,27,28). The van der Waals surface area contributed by atoms with Crippen molar-refractivity contribution >= 4 is 44.9 Å². The van der Waals surface area contributed by atoms with Crippen LogP contribution in [0.4, 0.5) is 5.13 Å². The van der Waals surface area contributed by atoms with Crippen LogP contribution in [-0.4, -0.2) is 28.0 Å². The first kappa shape index (κ1) is 21.0. The summed E-state index contributed by atoms with van der Waals surface area (Å²) in [6.07, 6.45) is 1.35. The van der Waals surface area contributed by atoms with Crippen molar-refractivity contribution in [3.8, 4) is 17.0 Å². The molecular formula is C22H19ClN4O3S. The van der Waals surface area contributed by atoms with E-state index in [9.17, 15) is 9.59 Å². The lowest BCUT2D eigenvalue weighted by Crippen LogP contribution is -2.14. The van der Waals surface area contributed by atoms with E-state index in [1.807, 2.05) is 17.5 Å². The van der Waals surface area contributed by atoms with Gasteiger partial charge < -0.3 is 15.0 Å². The Kier molecular flexibility index (Phi) is 6.29. The third kappa shape index (κ3) is 4.92. The molecule has 0 unspecified atom stereocenters. The number of halogens is 1. The van der Waals surface area contributed by atoms with Gasteiger partial charge in [-0.1, -0.05) is 23.7 Å². The van der Waals surface area contributed by atoms with Gasteiger partial charge >= 0.3 is 0 Å². The number of aromatic amines is 1. The second-order valence-electron chi connectivity index (χ2n) is 6.82. The SMILES string of the molecule is COc1ccc(-c2csc(NC(=O)CCCc3nc4ccccc4c(=O)[nH]3)n2)cc1Cl. The Morgan fingerprint density at radius 2 is 2.06 bits per heavy atom. The average Bonchev–Trinajstić information content (AvgIpc) is 3.22. The Bertz CT molecular complexity index is 1300.